The van der Waals surface area contributed by atoms with E-state index in [1.807, 2.05) is 11.0 Å². The molecule has 0 spiro atoms. The third-order valence-corrected chi connectivity index (χ3v) is 6.57. The lowest BCUT2D eigenvalue weighted by atomic mass is 10.1. The maximum absolute atomic E-state index is 13.3. The van der Waals surface area contributed by atoms with Gasteiger partial charge in [0.05, 0.1) is 16.3 Å². The summed E-state index contributed by atoms with van der Waals surface area (Å²) in [6.45, 7) is 11.7. The van der Waals surface area contributed by atoms with Crippen molar-refractivity contribution >= 4 is 28.1 Å². The van der Waals surface area contributed by atoms with Gasteiger partial charge in [-0.1, -0.05) is 39.0 Å². The van der Waals surface area contributed by atoms with E-state index in [2.05, 4.69) is 65.0 Å². The minimum atomic E-state index is 0.158. The predicted molar refractivity (Wildman–Crippen MR) is 119 cm³/mol. The van der Waals surface area contributed by atoms with Crippen molar-refractivity contribution in [1.29, 1.82) is 0 Å². The van der Waals surface area contributed by atoms with Gasteiger partial charge in [-0.25, -0.2) is 4.98 Å². The minimum absolute atomic E-state index is 0.158. The molecule has 0 N–H and O–H groups in total. The summed E-state index contributed by atoms with van der Waals surface area (Å²) < 4.78 is 2.23. The van der Waals surface area contributed by atoms with Gasteiger partial charge < -0.3 is 9.47 Å². The van der Waals surface area contributed by atoms with Crippen molar-refractivity contribution in [3.05, 3.63) is 52.1 Å². The Morgan fingerprint density at radius 3 is 2.62 bits per heavy atom. The second-order valence-electron chi connectivity index (χ2n) is 8.26. The van der Waals surface area contributed by atoms with Crippen molar-refractivity contribution < 1.29 is 4.79 Å². The molecule has 0 aliphatic carbocycles. The summed E-state index contributed by atoms with van der Waals surface area (Å²) in [5.41, 5.74) is 3.14. The van der Waals surface area contributed by atoms with E-state index in [1.54, 1.807) is 11.3 Å². The third-order valence-electron chi connectivity index (χ3n) is 5.53. The molecular formula is C23H30N4OS. The summed E-state index contributed by atoms with van der Waals surface area (Å²) in [7, 11) is 0. The molecule has 2 aromatic heterocycles. The first-order chi connectivity index (χ1) is 14.0. The summed E-state index contributed by atoms with van der Waals surface area (Å²) >= 11 is 1.74. The van der Waals surface area contributed by atoms with E-state index in [-0.39, 0.29) is 5.91 Å². The van der Waals surface area contributed by atoms with Crippen LogP contribution in [0.4, 0.5) is 0 Å². The number of aryl methyl sites for hydroxylation is 1. The number of carbonyl (C=O) groups excluding carboxylic acids is 1. The highest BCUT2D eigenvalue weighted by Crippen LogP contribution is 2.24. The van der Waals surface area contributed by atoms with E-state index >= 15 is 0 Å². The molecule has 1 aliphatic heterocycles. The lowest BCUT2D eigenvalue weighted by molar-refractivity contribution is 0.0629. The second kappa shape index (κ2) is 8.67. The molecule has 1 amide bonds. The normalized spacial score (nSPS) is 15.5. The molecule has 1 fully saturated rings. The molecule has 5 nitrogen and oxygen atoms in total. The summed E-state index contributed by atoms with van der Waals surface area (Å²) in [5, 5.41) is 4.43. The Bertz CT molecular complexity index is 982. The number of hydrogen-bond acceptors (Lipinski definition) is 4. The summed E-state index contributed by atoms with van der Waals surface area (Å²) in [6, 6.07) is 8.26. The molecule has 6 heteroatoms. The zero-order valence-electron chi connectivity index (χ0n) is 17.6. The van der Waals surface area contributed by atoms with Crippen LogP contribution in [0.15, 0.2) is 35.8 Å². The van der Waals surface area contributed by atoms with E-state index in [0.29, 0.717) is 5.92 Å². The fourth-order valence-corrected chi connectivity index (χ4v) is 4.79. The van der Waals surface area contributed by atoms with E-state index < -0.39 is 0 Å². The van der Waals surface area contributed by atoms with Gasteiger partial charge in [0.15, 0.2) is 0 Å². The van der Waals surface area contributed by atoms with Crippen LogP contribution in [0.5, 0.6) is 0 Å². The predicted octanol–water partition coefficient (Wildman–Crippen LogP) is 4.27. The summed E-state index contributed by atoms with van der Waals surface area (Å²) in [6.07, 6.45) is 3.05. The first-order valence-electron chi connectivity index (χ1n) is 10.6. The van der Waals surface area contributed by atoms with Gasteiger partial charge in [0.1, 0.15) is 0 Å². The molecule has 1 saturated heterocycles. The number of piperazine rings is 1. The maximum atomic E-state index is 13.3. The average Bonchev–Trinajstić information content (AvgIpc) is 3.32. The topological polar surface area (TPSA) is 41.4 Å². The smallest absolute Gasteiger partial charge is 0.256 e. The van der Waals surface area contributed by atoms with Gasteiger partial charge in [0.2, 0.25) is 0 Å². The molecule has 29 heavy (non-hydrogen) atoms. The Balaban J connectivity index is 1.44. The summed E-state index contributed by atoms with van der Waals surface area (Å²) in [4.78, 5) is 22.4. The number of nitrogens with zero attached hydrogens (tertiary/aromatic N) is 4. The minimum Gasteiger partial charge on any atom is -0.346 e. The van der Waals surface area contributed by atoms with Crippen molar-refractivity contribution in [2.24, 2.45) is 5.92 Å². The molecular weight excluding hydrogens is 380 g/mol. The molecule has 154 valence electrons. The highest BCUT2D eigenvalue weighted by atomic mass is 32.1. The quantitative estimate of drug-likeness (QED) is 0.609. The SMILES string of the molecule is CCc1nc(CN2CCN(C(=O)c3cn(CC(C)C)c4ccccc34)CC2)cs1. The Kier molecular flexibility index (Phi) is 6.01. The van der Waals surface area contributed by atoms with Crippen LogP contribution in [0.25, 0.3) is 10.9 Å². The van der Waals surface area contributed by atoms with Crippen molar-refractivity contribution in [3.63, 3.8) is 0 Å². The highest BCUT2D eigenvalue weighted by molar-refractivity contribution is 7.09. The van der Waals surface area contributed by atoms with Gasteiger partial charge in [0.25, 0.3) is 5.91 Å². The van der Waals surface area contributed by atoms with Crippen LogP contribution in [0.1, 0.15) is 41.8 Å². The van der Waals surface area contributed by atoms with Crippen LogP contribution in [0, 0.1) is 5.92 Å². The van der Waals surface area contributed by atoms with Crippen molar-refractivity contribution in [2.75, 3.05) is 26.2 Å². The molecule has 0 unspecified atom stereocenters. The lowest BCUT2D eigenvalue weighted by Gasteiger charge is -2.34. The number of carbonyl (C=O) groups is 1. The standard InChI is InChI=1S/C23H30N4OS/c1-4-22-24-18(16-29-22)14-25-9-11-26(12-10-25)23(28)20-15-27(13-17(2)3)21-8-6-5-7-19(20)21/h5-8,15-17H,4,9-14H2,1-3H3. The van der Waals surface area contributed by atoms with Gasteiger partial charge in [-0.2, -0.15) is 0 Å². The zero-order valence-corrected chi connectivity index (χ0v) is 18.4. The monoisotopic (exact) mass is 410 g/mol. The molecule has 0 bridgehead atoms. The third kappa shape index (κ3) is 4.38. The van der Waals surface area contributed by atoms with Crippen LogP contribution in [0.3, 0.4) is 0 Å². The van der Waals surface area contributed by atoms with E-state index in [4.69, 9.17) is 0 Å². The first-order valence-corrected chi connectivity index (χ1v) is 11.5. The van der Waals surface area contributed by atoms with Crippen LogP contribution >= 0.6 is 11.3 Å². The number of benzene rings is 1. The number of fused-ring (bicyclic) bond motifs is 1. The fraction of sp³-hybridized carbons (Fsp3) is 0.478. The van der Waals surface area contributed by atoms with Gasteiger partial charge >= 0.3 is 0 Å². The zero-order chi connectivity index (χ0) is 20.4. The second-order valence-corrected chi connectivity index (χ2v) is 9.20. The highest BCUT2D eigenvalue weighted by Gasteiger charge is 2.25. The van der Waals surface area contributed by atoms with Gasteiger partial charge in [-0.15, -0.1) is 11.3 Å². The number of rotatable bonds is 6. The maximum Gasteiger partial charge on any atom is 0.256 e. The number of hydrogen-bond donors (Lipinski definition) is 0. The molecule has 1 aromatic carbocycles. The van der Waals surface area contributed by atoms with Crippen molar-refractivity contribution in [3.8, 4) is 0 Å². The molecule has 0 atom stereocenters. The van der Waals surface area contributed by atoms with E-state index in [0.717, 1.165) is 67.8 Å². The summed E-state index contributed by atoms with van der Waals surface area (Å²) in [5.74, 6) is 0.696. The Labute approximate surface area is 177 Å². The molecule has 3 heterocycles. The van der Waals surface area contributed by atoms with Crippen LogP contribution in [-0.4, -0.2) is 51.4 Å². The average molecular weight is 411 g/mol. The number of amides is 1. The van der Waals surface area contributed by atoms with Gasteiger partial charge in [-0.3, -0.25) is 9.69 Å². The van der Waals surface area contributed by atoms with Gasteiger partial charge in [0, 0.05) is 61.7 Å². The van der Waals surface area contributed by atoms with Crippen LogP contribution < -0.4 is 0 Å². The Morgan fingerprint density at radius 2 is 1.93 bits per heavy atom. The van der Waals surface area contributed by atoms with Crippen LogP contribution in [0.2, 0.25) is 0 Å². The van der Waals surface area contributed by atoms with Gasteiger partial charge in [-0.05, 0) is 18.4 Å². The number of thiazole rings is 1. The molecule has 4 rings (SSSR count). The fourth-order valence-electron chi connectivity index (χ4n) is 4.05. The molecule has 0 radical (unpaired) electrons. The van der Waals surface area contributed by atoms with Crippen LogP contribution in [-0.2, 0) is 19.5 Å². The number of para-hydroxylation sites is 1. The lowest BCUT2D eigenvalue weighted by Crippen LogP contribution is -2.48. The van der Waals surface area contributed by atoms with Crippen molar-refractivity contribution in [1.82, 2.24) is 19.4 Å². The molecule has 0 saturated carbocycles. The Morgan fingerprint density at radius 1 is 1.17 bits per heavy atom. The molecule has 3 aromatic rings. The van der Waals surface area contributed by atoms with Crippen molar-refractivity contribution in [2.45, 2.75) is 40.3 Å². The first kappa shape index (κ1) is 20.1. The Hall–Kier alpha value is -2.18. The number of aromatic nitrogens is 2. The largest absolute Gasteiger partial charge is 0.346 e. The molecule has 1 aliphatic rings. The van der Waals surface area contributed by atoms with E-state index in [1.165, 1.54) is 5.01 Å². The van der Waals surface area contributed by atoms with E-state index in [9.17, 15) is 4.79 Å².